The van der Waals surface area contributed by atoms with Gasteiger partial charge in [-0.25, -0.2) is 13.1 Å². The molecule has 2 atom stereocenters. The first-order chi connectivity index (χ1) is 11.4. The second-order valence-electron chi connectivity index (χ2n) is 6.88. The molecule has 1 aliphatic heterocycles. The summed E-state index contributed by atoms with van der Waals surface area (Å²) < 4.78 is 27.7. The second-order valence-corrected chi connectivity index (χ2v) is 9.02. The average molecular weight is 373 g/mol. The third kappa shape index (κ3) is 5.73. The van der Waals surface area contributed by atoms with Crippen LogP contribution in [0.15, 0.2) is 29.2 Å². The van der Waals surface area contributed by atoms with Crippen LogP contribution in [0.2, 0.25) is 0 Å². The van der Waals surface area contributed by atoms with Gasteiger partial charge >= 0.3 is 0 Å². The summed E-state index contributed by atoms with van der Waals surface area (Å²) in [7, 11) is -3.45. The van der Waals surface area contributed by atoms with Crippen molar-refractivity contribution >= 4 is 21.6 Å². The van der Waals surface area contributed by atoms with Gasteiger partial charge in [0.05, 0.1) is 4.90 Å². The molecule has 0 bridgehead atoms. The smallest absolute Gasteiger partial charge is 0.240 e. The van der Waals surface area contributed by atoms with Crippen LogP contribution in [0.4, 0.5) is 0 Å². The monoisotopic (exact) mass is 372 g/mol. The summed E-state index contributed by atoms with van der Waals surface area (Å²) in [5.74, 6) is 1.31. The molecule has 2 rings (SSSR count). The number of piperidine rings is 1. The Kier molecular flexibility index (Phi) is 7.54. The predicted octanol–water partition coefficient (Wildman–Crippen LogP) is 3.26. The summed E-state index contributed by atoms with van der Waals surface area (Å²) in [5, 5.41) is 0. The van der Waals surface area contributed by atoms with E-state index in [1.54, 1.807) is 12.1 Å². The van der Waals surface area contributed by atoms with E-state index in [-0.39, 0.29) is 6.04 Å². The summed E-state index contributed by atoms with van der Waals surface area (Å²) in [5.41, 5.74) is 1.12. The maximum atomic E-state index is 12.5. The van der Waals surface area contributed by atoms with Crippen molar-refractivity contribution in [2.75, 3.05) is 25.5 Å². The summed E-state index contributed by atoms with van der Waals surface area (Å²) in [6.07, 6.45) is 4.24. The van der Waals surface area contributed by atoms with E-state index < -0.39 is 10.0 Å². The number of benzene rings is 1. The van der Waals surface area contributed by atoms with E-state index in [9.17, 15) is 8.42 Å². The van der Waals surface area contributed by atoms with E-state index in [2.05, 4.69) is 23.5 Å². The molecule has 0 amide bonds. The van der Waals surface area contributed by atoms with Gasteiger partial charge in [0.15, 0.2) is 0 Å². The molecule has 1 N–H and O–H groups in total. The first kappa shape index (κ1) is 19.7. The van der Waals surface area contributed by atoms with Crippen molar-refractivity contribution in [1.29, 1.82) is 0 Å². The molecular formula is C18H29ClN2O2S. The second kappa shape index (κ2) is 9.18. The van der Waals surface area contributed by atoms with E-state index >= 15 is 0 Å². The van der Waals surface area contributed by atoms with Crippen LogP contribution >= 0.6 is 11.6 Å². The zero-order valence-corrected chi connectivity index (χ0v) is 16.2. The van der Waals surface area contributed by atoms with Gasteiger partial charge in [-0.3, -0.25) is 4.90 Å². The normalized spacial score (nSPS) is 20.9. The number of hydrogen-bond donors (Lipinski definition) is 1. The molecule has 0 radical (unpaired) electrons. The Hall–Kier alpha value is -0.620. The van der Waals surface area contributed by atoms with Gasteiger partial charge in [0.2, 0.25) is 10.0 Å². The first-order valence-corrected chi connectivity index (χ1v) is 10.8. The molecule has 0 spiro atoms. The Balaban J connectivity index is 1.90. The molecule has 24 heavy (non-hydrogen) atoms. The lowest BCUT2D eigenvalue weighted by Crippen LogP contribution is -2.46. The largest absolute Gasteiger partial charge is 0.299 e. The maximum absolute atomic E-state index is 12.5. The maximum Gasteiger partial charge on any atom is 0.240 e. The molecule has 136 valence electrons. The minimum Gasteiger partial charge on any atom is -0.299 e. The van der Waals surface area contributed by atoms with E-state index in [0.717, 1.165) is 31.5 Å². The van der Waals surface area contributed by atoms with Gasteiger partial charge in [-0.05, 0) is 62.8 Å². The van der Waals surface area contributed by atoms with Gasteiger partial charge in [0.25, 0.3) is 0 Å². The lowest BCUT2D eigenvalue weighted by Gasteiger charge is -2.35. The average Bonchev–Trinajstić information content (AvgIpc) is 2.58. The topological polar surface area (TPSA) is 49.4 Å². The van der Waals surface area contributed by atoms with E-state index in [1.807, 2.05) is 12.1 Å². The Bertz CT molecular complexity index is 604. The van der Waals surface area contributed by atoms with Crippen molar-refractivity contribution in [2.45, 2.75) is 50.5 Å². The number of nitrogens with zero attached hydrogens (tertiary/aromatic N) is 1. The Morgan fingerprint density at radius 1 is 1.33 bits per heavy atom. The quantitative estimate of drug-likeness (QED) is 0.712. The minimum absolute atomic E-state index is 0.213. The highest BCUT2D eigenvalue weighted by molar-refractivity contribution is 7.89. The molecule has 1 aromatic carbocycles. The third-order valence-corrected chi connectivity index (χ3v) is 6.42. The highest BCUT2D eigenvalue weighted by Gasteiger charge is 2.22. The Morgan fingerprint density at radius 3 is 2.67 bits per heavy atom. The van der Waals surface area contributed by atoms with Crippen LogP contribution in [0.25, 0.3) is 0 Å². The minimum atomic E-state index is -3.45. The zero-order valence-electron chi connectivity index (χ0n) is 14.7. The number of rotatable bonds is 8. The van der Waals surface area contributed by atoms with Crippen LogP contribution in [-0.2, 0) is 16.4 Å². The molecule has 4 nitrogen and oxygen atoms in total. The molecule has 6 heteroatoms. The fourth-order valence-corrected chi connectivity index (χ4v) is 4.43. The summed E-state index contributed by atoms with van der Waals surface area (Å²) in [4.78, 5) is 2.71. The van der Waals surface area contributed by atoms with Crippen LogP contribution in [0.3, 0.4) is 0 Å². The van der Waals surface area contributed by atoms with Gasteiger partial charge in [-0.1, -0.05) is 19.1 Å². The van der Waals surface area contributed by atoms with Gasteiger partial charge in [0.1, 0.15) is 0 Å². The summed E-state index contributed by atoms with van der Waals surface area (Å²) in [6, 6.07) is 7.32. The zero-order chi connectivity index (χ0) is 17.6. The van der Waals surface area contributed by atoms with E-state index in [0.29, 0.717) is 23.2 Å². The number of hydrogen-bond acceptors (Lipinski definition) is 3. The van der Waals surface area contributed by atoms with Gasteiger partial charge < -0.3 is 0 Å². The predicted molar refractivity (Wildman–Crippen MR) is 100 cm³/mol. The number of alkyl halides is 1. The third-order valence-electron chi connectivity index (χ3n) is 4.71. The van der Waals surface area contributed by atoms with Crippen molar-refractivity contribution in [2.24, 2.45) is 5.92 Å². The Morgan fingerprint density at radius 2 is 2.04 bits per heavy atom. The van der Waals surface area contributed by atoms with Gasteiger partial charge in [0, 0.05) is 25.0 Å². The van der Waals surface area contributed by atoms with Crippen LogP contribution in [0, 0.1) is 5.92 Å². The summed E-state index contributed by atoms with van der Waals surface area (Å²) >= 11 is 5.69. The molecule has 1 fully saturated rings. The number of likely N-dealkylation sites (tertiary alicyclic amines) is 1. The van der Waals surface area contributed by atoms with Crippen molar-refractivity contribution < 1.29 is 8.42 Å². The fourth-order valence-electron chi connectivity index (χ4n) is 3.18. The number of sulfonamides is 1. The fraction of sp³-hybridized carbons (Fsp3) is 0.667. The molecular weight excluding hydrogens is 344 g/mol. The van der Waals surface area contributed by atoms with Crippen molar-refractivity contribution in [3.63, 3.8) is 0 Å². The summed E-state index contributed by atoms with van der Waals surface area (Å²) in [6.45, 7) is 6.91. The lowest BCUT2D eigenvalue weighted by molar-refractivity contribution is 0.140. The standard InChI is InChI=1S/C18H29ClN2O2S/c1-15-5-4-12-21(14-15)16(2)13-20-24(22,23)18-9-7-17(8-10-18)6-3-11-19/h7-10,15-16,20H,3-6,11-14H2,1-2H3. The van der Waals surface area contributed by atoms with Crippen LogP contribution in [-0.4, -0.2) is 44.9 Å². The van der Waals surface area contributed by atoms with Crippen LogP contribution < -0.4 is 4.72 Å². The molecule has 2 unspecified atom stereocenters. The molecule has 1 aliphatic rings. The molecule has 0 aromatic heterocycles. The highest BCUT2D eigenvalue weighted by Crippen LogP contribution is 2.18. The highest BCUT2D eigenvalue weighted by atomic mass is 35.5. The van der Waals surface area contributed by atoms with Crippen LogP contribution in [0.1, 0.15) is 38.7 Å². The van der Waals surface area contributed by atoms with Gasteiger partial charge in [-0.15, -0.1) is 11.6 Å². The molecule has 1 saturated heterocycles. The van der Waals surface area contributed by atoms with Crippen molar-refractivity contribution in [1.82, 2.24) is 9.62 Å². The molecule has 0 saturated carbocycles. The van der Waals surface area contributed by atoms with Crippen LogP contribution in [0.5, 0.6) is 0 Å². The number of halogens is 1. The molecule has 1 aromatic rings. The number of aryl methyl sites for hydroxylation is 1. The van der Waals surface area contributed by atoms with E-state index in [1.165, 1.54) is 12.8 Å². The van der Waals surface area contributed by atoms with Crippen molar-refractivity contribution in [3.8, 4) is 0 Å². The first-order valence-electron chi connectivity index (χ1n) is 8.81. The molecule has 0 aliphatic carbocycles. The van der Waals surface area contributed by atoms with Crippen molar-refractivity contribution in [3.05, 3.63) is 29.8 Å². The lowest BCUT2D eigenvalue weighted by atomic mass is 9.99. The van der Waals surface area contributed by atoms with Gasteiger partial charge in [-0.2, -0.15) is 0 Å². The number of nitrogens with one attached hydrogen (secondary N) is 1. The Labute approximate surface area is 151 Å². The molecule has 1 heterocycles. The SMILES string of the molecule is CC1CCCN(C(C)CNS(=O)(=O)c2ccc(CCCCl)cc2)C1. The van der Waals surface area contributed by atoms with E-state index in [4.69, 9.17) is 11.6 Å².